The largest absolute Gasteiger partial charge is 0.480 e. The number of aliphatic carboxylic acids is 1. The summed E-state index contributed by atoms with van der Waals surface area (Å²) in [5, 5.41) is 12.8. The molecular weight excluding hydrogens is 500 g/mol. The summed E-state index contributed by atoms with van der Waals surface area (Å²) in [6.07, 6.45) is 4.01. The van der Waals surface area contributed by atoms with Crippen molar-refractivity contribution in [3.05, 3.63) is 36.0 Å². The van der Waals surface area contributed by atoms with E-state index in [9.17, 15) is 23.1 Å². The van der Waals surface area contributed by atoms with Crippen LogP contribution in [0.2, 0.25) is 0 Å². The molecule has 1 aliphatic rings. The number of aromatic nitrogens is 2. The van der Waals surface area contributed by atoms with Crippen LogP contribution in [0, 0.1) is 0 Å². The number of anilines is 3. The number of sulfonamides is 1. The summed E-state index contributed by atoms with van der Waals surface area (Å²) < 4.78 is 30.8. The van der Waals surface area contributed by atoms with Gasteiger partial charge in [-0.25, -0.2) is 23.0 Å². The maximum Gasteiger partial charge on any atom is 0.415 e. The molecular formula is C24H34N6O6S. The first-order valence-electron chi connectivity index (χ1n) is 12.1. The van der Waals surface area contributed by atoms with Crippen LogP contribution in [0.5, 0.6) is 5.75 Å². The number of carbonyl (C=O) groups is 2. The van der Waals surface area contributed by atoms with Crippen LogP contribution in [0.25, 0.3) is 0 Å². The highest BCUT2D eigenvalue weighted by atomic mass is 32.2. The van der Waals surface area contributed by atoms with Crippen molar-refractivity contribution in [1.29, 1.82) is 0 Å². The fourth-order valence-corrected chi connectivity index (χ4v) is 4.39. The SMILES string of the molecule is CCN(CC)c1ncc(N(C)S(C)(=O)=O)c(N[C@@H](Cc2ccc(OC(=O)N3CCCC3)cc2)C(=O)O)n1. The zero-order valence-corrected chi connectivity index (χ0v) is 22.4. The molecule has 0 bridgehead atoms. The second kappa shape index (κ2) is 12.1. The van der Waals surface area contributed by atoms with E-state index in [1.54, 1.807) is 29.2 Å². The van der Waals surface area contributed by atoms with Gasteiger partial charge in [0.2, 0.25) is 16.0 Å². The Hall–Kier alpha value is -3.61. The van der Waals surface area contributed by atoms with Crippen LogP contribution in [-0.2, 0) is 21.2 Å². The topological polar surface area (TPSA) is 145 Å². The lowest BCUT2D eigenvalue weighted by molar-refractivity contribution is -0.137. The number of carbonyl (C=O) groups excluding carboxylic acids is 1. The van der Waals surface area contributed by atoms with Gasteiger partial charge in [-0.1, -0.05) is 12.1 Å². The maximum atomic E-state index is 12.2. The molecule has 2 aromatic rings. The molecule has 2 heterocycles. The van der Waals surface area contributed by atoms with Crippen molar-refractivity contribution in [2.45, 2.75) is 39.2 Å². The van der Waals surface area contributed by atoms with Crippen LogP contribution in [0.1, 0.15) is 32.3 Å². The Bertz CT molecular complexity index is 1200. The van der Waals surface area contributed by atoms with Crippen molar-refractivity contribution in [2.24, 2.45) is 0 Å². The molecule has 2 N–H and O–H groups in total. The summed E-state index contributed by atoms with van der Waals surface area (Å²) in [7, 11) is -2.30. The third-order valence-corrected chi connectivity index (χ3v) is 7.37. The van der Waals surface area contributed by atoms with Gasteiger partial charge in [0, 0.05) is 39.6 Å². The summed E-state index contributed by atoms with van der Waals surface area (Å²) in [6, 6.07) is 5.50. The van der Waals surface area contributed by atoms with Crippen LogP contribution in [0.4, 0.5) is 22.2 Å². The first-order valence-corrected chi connectivity index (χ1v) is 14.0. The number of hydrogen-bond acceptors (Lipinski definition) is 9. The molecule has 1 aliphatic heterocycles. The molecule has 1 saturated heterocycles. The van der Waals surface area contributed by atoms with Crippen molar-refractivity contribution >= 4 is 39.5 Å². The monoisotopic (exact) mass is 534 g/mol. The predicted molar refractivity (Wildman–Crippen MR) is 141 cm³/mol. The van der Waals surface area contributed by atoms with Crippen LogP contribution in [0.15, 0.2) is 30.5 Å². The molecule has 0 spiro atoms. The van der Waals surface area contributed by atoms with E-state index < -0.39 is 28.1 Å². The van der Waals surface area contributed by atoms with Gasteiger partial charge in [-0.2, -0.15) is 4.98 Å². The van der Waals surface area contributed by atoms with E-state index in [1.165, 1.54) is 13.2 Å². The van der Waals surface area contributed by atoms with Gasteiger partial charge in [0.15, 0.2) is 5.82 Å². The number of amides is 1. The van der Waals surface area contributed by atoms with Gasteiger partial charge in [0.25, 0.3) is 0 Å². The van der Waals surface area contributed by atoms with E-state index in [1.807, 2.05) is 18.7 Å². The second-order valence-corrected chi connectivity index (χ2v) is 10.8. The zero-order chi connectivity index (χ0) is 27.2. The smallest absolute Gasteiger partial charge is 0.415 e. The fourth-order valence-electron chi connectivity index (χ4n) is 3.90. The lowest BCUT2D eigenvalue weighted by Crippen LogP contribution is -2.34. The Morgan fingerprint density at radius 3 is 2.32 bits per heavy atom. The van der Waals surface area contributed by atoms with Crippen LogP contribution in [-0.4, -0.2) is 86.0 Å². The number of rotatable bonds is 11. The predicted octanol–water partition coefficient (Wildman–Crippen LogP) is 2.42. The highest BCUT2D eigenvalue weighted by molar-refractivity contribution is 7.92. The number of likely N-dealkylation sites (tertiary alicyclic amines) is 1. The summed E-state index contributed by atoms with van der Waals surface area (Å²) in [4.78, 5) is 36.6. The molecule has 1 amide bonds. The molecule has 1 aromatic carbocycles. The van der Waals surface area contributed by atoms with Crippen molar-refractivity contribution in [2.75, 3.05) is 54.0 Å². The number of carboxylic acids is 1. The quantitative estimate of drug-likeness (QED) is 0.441. The van der Waals surface area contributed by atoms with E-state index in [2.05, 4.69) is 15.3 Å². The molecule has 0 unspecified atom stereocenters. The lowest BCUT2D eigenvalue weighted by Gasteiger charge is -2.25. The molecule has 0 aliphatic carbocycles. The molecule has 1 fully saturated rings. The van der Waals surface area contributed by atoms with Crippen LogP contribution < -0.4 is 19.3 Å². The van der Waals surface area contributed by atoms with Crippen molar-refractivity contribution in [1.82, 2.24) is 14.9 Å². The van der Waals surface area contributed by atoms with Gasteiger partial charge in [-0.15, -0.1) is 0 Å². The van der Waals surface area contributed by atoms with Gasteiger partial charge in [0.1, 0.15) is 17.5 Å². The number of benzene rings is 1. The van der Waals surface area contributed by atoms with Gasteiger partial charge >= 0.3 is 12.1 Å². The maximum absolute atomic E-state index is 12.2. The number of ether oxygens (including phenoxy) is 1. The molecule has 12 nitrogen and oxygen atoms in total. The van der Waals surface area contributed by atoms with Crippen molar-refractivity contribution in [3.8, 4) is 5.75 Å². The van der Waals surface area contributed by atoms with E-state index in [-0.39, 0.29) is 17.9 Å². The van der Waals surface area contributed by atoms with Crippen LogP contribution >= 0.6 is 0 Å². The molecule has 202 valence electrons. The molecule has 0 saturated carbocycles. The van der Waals surface area contributed by atoms with E-state index in [0.717, 1.165) is 23.4 Å². The van der Waals surface area contributed by atoms with E-state index >= 15 is 0 Å². The summed E-state index contributed by atoms with van der Waals surface area (Å²) in [5.74, 6) is -0.322. The molecule has 1 aromatic heterocycles. The Balaban J connectivity index is 1.82. The average molecular weight is 535 g/mol. The average Bonchev–Trinajstić information content (AvgIpc) is 3.40. The number of nitrogens with one attached hydrogen (secondary N) is 1. The molecule has 1 atom stereocenters. The Kier molecular flexibility index (Phi) is 9.14. The third kappa shape index (κ3) is 7.21. The van der Waals surface area contributed by atoms with Crippen molar-refractivity contribution < 1.29 is 27.9 Å². The van der Waals surface area contributed by atoms with Gasteiger partial charge in [-0.05, 0) is 44.4 Å². The van der Waals surface area contributed by atoms with Gasteiger partial charge < -0.3 is 25.0 Å². The lowest BCUT2D eigenvalue weighted by atomic mass is 10.1. The number of nitrogens with zero attached hydrogens (tertiary/aromatic N) is 5. The molecule has 37 heavy (non-hydrogen) atoms. The molecule has 13 heteroatoms. The fraction of sp³-hybridized carbons (Fsp3) is 0.500. The summed E-state index contributed by atoms with van der Waals surface area (Å²) in [6.45, 7) is 6.46. The Labute approximate surface area is 217 Å². The first-order chi connectivity index (χ1) is 17.5. The standard InChI is InChI=1S/C24H34N6O6S/c1-5-29(6-2)23-25-16-20(28(3)37(4,34)35)21(27-23)26-19(22(31)32)15-17-9-11-18(12-10-17)36-24(33)30-13-7-8-14-30/h9-12,16,19H,5-8,13-15H2,1-4H3,(H,31,32)(H,25,26,27)/t19-/m0/s1. The van der Waals surface area contributed by atoms with Gasteiger partial charge in [-0.3, -0.25) is 4.31 Å². The Morgan fingerprint density at radius 2 is 1.78 bits per heavy atom. The third-order valence-electron chi connectivity index (χ3n) is 6.18. The zero-order valence-electron chi connectivity index (χ0n) is 21.5. The molecule has 0 radical (unpaired) electrons. The summed E-state index contributed by atoms with van der Waals surface area (Å²) >= 11 is 0. The van der Waals surface area contributed by atoms with E-state index in [0.29, 0.717) is 43.4 Å². The van der Waals surface area contributed by atoms with Gasteiger partial charge in [0.05, 0.1) is 12.5 Å². The van der Waals surface area contributed by atoms with Crippen LogP contribution in [0.3, 0.4) is 0 Å². The summed E-state index contributed by atoms with van der Waals surface area (Å²) in [5.41, 5.74) is 0.811. The number of hydrogen-bond donors (Lipinski definition) is 2. The second-order valence-electron chi connectivity index (χ2n) is 8.75. The normalized spacial score (nSPS) is 14.2. The highest BCUT2D eigenvalue weighted by Crippen LogP contribution is 2.27. The minimum Gasteiger partial charge on any atom is -0.480 e. The molecule has 3 rings (SSSR count). The number of carboxylic acid groups (broad SMARTS) is 1. The minimum absolute atomic E-state index is 0.0717. The minimum atomic E-state index is -3.65. The Morgan fingerprint density at radius 1 is 1.16 bits per heavy atom. The highest BCUT2D eigenvalue weighted by Gasteiger charge is 2.25. The first kappa shape index (κ1) is 28.0. The van der Waals surface area contributed by atoms with E-state index in [4.69, 9.17) is 4.74 Å². The van der Waals surface area contributed by atoms with Crippen molar-refractivity contribution in [3.63, 3.8) is 0 Å².